The van der Waals surface area contributed by atoms with Crippen LogP contribution >= 0.6 is 0 Å². The van der Waals surface area contributed by atoms with E-state index in [2.05, 4.69) is 29.9 Å². The smallest absolute Gasteiger partial charge is 0.117 e. The van der Waals surface area contributed by atoms with Crippen LogP contribution in [0.2, 0.25) is 19.6 Å². The van der Waals surface area contributed by atoms with E-state index in [1.807, 2.05) is 0 Å². The molecular formula is C7H18N2Si. The molecule has 1 heterocycles. The Bertz CT molecular complexity index is 103. The second kappa shape index (κ2) is 3.03. The van der Waals surface area contributed by atoms with Gasteiger partial charge in [-0.05, 0) is 19.4 Å². The maximum absolute atomic E-state index is 3.65. The number of hydrogen-bond acceptors (Lipinski definition) is 2. The van der Waals surface area contributed by atoms with Gasteiger partial charge in [0.25, 0.3) is 0 Å². The molecule has 0 aliphatic carbocycles. The lowest BCUT2D eigenvalue weighted by Gasteiger charge is -2.23. The number of nitrogens with one attached hydrogen (secondary N) is 2. The molecule has 0 saturated carbocycles. The Labute approximate surface area is 64.5 Å². The standard InChI is InChI=1S/C7H18N2Si/c1-10(2,3)9-7-5-4-6-8-7/h7-9H,4-6H2,1-3H3. The monoisotopic (exact) mass is 158 g/mol. The third-order valence-electron chi connectivity index (χ3n) is 1.67. The lowest BCUT2D eigenvalue weighted by Crippen LogP contribution is -2.51. The fraction of sp³-hybridized carbons (Fsp3) is 1.00. The highest BCUT2D eigenvalue weighted by Crippen LogP contribution is 2.05. The van der Waals surface area contributed by atoms with Crippen LogP contribution in [0.4, 0.5) is 0 Å². The van der Waals surface area contributed by atoms with Crippen molar-refractivity contribution < 1.29 is 0 Å². The zero-order chi connectivity index (χ0) is 7.61. The van der Waals surface area contributed by atoms with Crippen molar-refractivity contribution in [3.8, 4) is 0 Å². The Morgan fingerprint density at radius 2 is 2.10 bits per heavy atom. The molecule has 1 atom stereocenters. The minimum Gasteiger partial charge on any atom is -0.323 e. The normalized spacial score (nSPS) is 27.3. The van der Waals surface area contributed by atoms with E-state index in [0.717, 1.165) is 0 Å². The molecule has 3 heteroatoms. The topological polar surface area (TPSA) is 24.1 Å². The molecular weight excluding hydrogens is 140 g/mol. The molecule has 1 unspecified atom stereocenters. The summed E-state index contributed by atoms with van der Waals surface area (Å²) < 4.78 is 0. The second-order valence-corrected chi connectivity index (χ2v) is 8.83. The molecule has 10 heavy (non-hydrogen) atoms. The molecule has 2 nitrogen and oxygen atoms in total. The number of rotatable bonds is 2. The molecule has 0 spiro atoms. The van der Waals surface area contributed by atoms with E-state index >= 15 is 0 Å². The van der Waals surface area contributed by atoms with Gasteiger partial charge in [0.2, 0.25) is 0 Å². The Kier molecular flexibility index (Phi) is 2.49. The van der Waals surface area contributed by atoms with Crippen LogP contribution < -0.4 is 10.3 Å². The van der Waals surface area contributed by atoms with Gasteiger partial charge in [0.15, 0.2) is 0 Å². The van der Waals surface area contributed by atoms with Crippen LogP contribution in [0.25, 0.3) is 0 Å². The SMILES string of the molecule is C[Si](C)(C)NC1CCCN1. The van der Waals surface area contributed by atoms with Gasteiger partial charge in [-0.1, -0.05) is 19.6 Å². The highest BCUT2D eigenvalue weighted by molar-refractivity contribution is 6.73. The number of hydrogen-bond donors (Lipinski definition) is 2. The third kappa shape index (κ3) is 2.81. The summed E-state index contributed by atoms with van der Waals surface area (Å²) >= 11 is 0. The summed E-state index contributed by atoms with van der Waals surface area (Å²) in [5.74, 6) is 0. The molecule has 0 aromatic heterocycles. The first-order valence-electron chi connectivity index (χ1n) is 4.09. The van der Waals surface area contributed by atoms with Crippen molar-refractivity contribution in [3.05, 3.63) is 0 Å². The van der Waals surface area contributed by atoms with E-state index < -0.39 is 8.24 Å². The van der Waals surface area contributed by atoms with Gasteiger partial charge >= 0.3 is 0 Å². The van der Waals surface area contributed by atoms with Crippen LogP contribution in [0.3, 0.4) is 0 Å². The second-order valence-electron chi connectivity index (χ2n) is 4.04. The zero-order valence-corrected chi connectivity index (χ0v) is 8.20. The minimum atomic E-state index is -1.03. The van der Waals surface area contributed by atoms with Crippen molar-refractivity contribution in [2.75, 3.05) is 6.54 Å². The van der Waals surface area contributed by atoms with Gasteiger partial charge in [-0.2, -0.15) is 0 Å². The third-order valence-corrected chi connectivity index (χ3v) is 2.88. The van der Waals surface area contributed by atoms with E-state index in [1.54, 1.807) is 0 Å². The van der Waals surface area contributed by atoms with E-state index in [0.29, 0.717) is 6.17 Å². The Morgan fingerprint density at radius 1 is 1.40 bits per heavy atom. The van der Waals surface area contributed by atoms with E-state index in [4.69, 9.17) is 0 Å². The fourth-order valence-corrected chi connectivity index (χ4v) is 2.62. The van der Waals surface area contributed by atoms with Gasteiger partial charge < -0.3 is 10.3 Å². The van der Waals surface area contributed by atoms with Crippen LogP contribution in [0.5, 0.6) is 0 Å². The lowest BCUT2D eigenvalue weighted by atomic mass is 10.3. The summed E-state index contributed by atoms with van der Waals surface area (Å²) in [6.45, 7) is 8.22. The van der Waals surface area contributed by atoms with Gasteiger partial charge in [0, 0.05) is 0 Å². The maximum atomic E-state index is 3.65. The first-order valence-corrected chi connectivity index (χ1v) is 7.59. The molecule has 0 aromatic rings. The van der Waals surface area contributed by atoms with E-state index in [9.17, 15) is 0 Å². The predicted molar refractivity (Wildman–Crippen MR) is 47.5 cm³/mol. The molecule has 1 aliphatic heterocycles. The molecule has 0 amide bonds. The van der Waals surface area contributed by atoms with Crippen molar-refractivity contribution >= 4 is 8.24 Å². The molecule has 0 radical (unpaired) electrons. The molecule has 1 saturated heterocycles. The van der Waals surface area contributed by atoms with Crippen LogP contribution in [-0.4, -0.2) is 20.9 Å². The quantitative estimate of drug-likeness (QED) is 0.589. The maximum Gasteiger partial charge on any atom is 0.117 e. The highest BCUT2D eigenvalue weighted by atomic mass is 28.3. The van der Waals surface area contributed by atoms with Crippen LogP contribution in [0.15, 0.2) is 0 Å². The van der Waals surface area contributed by atoms with Crippen LogP contribution in [-0.2, 0) is 0 Å². The Morgan fingerprint density at radius 3 is 2.50 bits per heavy atom. The summed E-state index contributed by atoms with van der Waals surface area (Å²) in [6, 6.07) is 0. The first-order chi connectivity index (χ1) is 4.58. The van der Waals surface area contributed by atoms with Gasteiger partial charge in [-0.25, -0.2) is 0 Å². The lowest BCUT2D eigenvalue weighted by molar-refractivity contribution is 0.573. The summed E-state index contributed by atoms with van der Waals surface area (Å²) in [5, 5.41) is 3.44. The first kappa shape index (κ1) is 8.24. The molecule has 0 aromatic carbocycles. The summed E-state index contributed by atoms with van der Waals surface area (Å²) in [7, 11) is -1.03. The van der Waals surface area contributed by atoms with Crippen molar-refractivity contribution in [3.63, 3.8) is 0 Å². The summed E-state index contributed by atoms with van der Waals surface area (Å²) in [4.78, 5) is 3.65. The molecule has 60 valence electrons. The Hall–Kier alpha value is 0.137. The molecule has 0 bridgehead atoms. The zero-order valence-electron chi connectivity index (χ0n) is 7.20. The summed E-state index contributed by atoms with van der Waals surface area (Å²) in [5.41, 5.74) is 0. The van der Waals surface area contributed by atoms with Crippen molar-refractivity contribution in [2.24, 2.45) is 0 Å². The van der Waals surface area contributed by atoms with Crippen molar-refractivity contribution in [1.82, 2.24) is 10.3 Å². The average molecular weight is 158 g/mol. The van der Waals surface area contributed by atoms with Crippen molar-refractivity contribution in [2.45, 2.75) is 38.6 Å². The fourth-order valence-electron chi connectivity index (χ4n) is 1.33. The molecule has 1 aliphatic rings. The molecule has 1 fully saturated rings. The van der Waals surface area contributed by atoms with E-state index in [1.165, 1.54) is 19.4 Å². The molecule has 1 rings (SSSR count). The van der Waals surface area contributed by atoms with E-state index in [-0.39, 0.29) is 0 Å². The van der Waals surface area contributed by atoms with Crippen LogP contribution in [0, 0.1) is 0 Å². The molecule has 2 N–H and O–H groups in total. The van der Waals surface area contributed by atoms with Gasteiger partial charge in [-0.15, -0.1) is 0 Å². The highest BCUT2D eigenvalue weighted by Gasteiger charge is 2.20. The van der Waals surface area contributed by atoms with Crippen molar-refractivity contribution in [1.29, 1.82) is 0 Å². The average Bonchev–Trinajstić information content (AvgIpc) is 2.12. The minimum absolute atomic E-state index is 0.617. The van der Waals surface area contributed by atoms with Crippen LogP contribution in [0.1, 0.15) is 12.8 Å². The Balaban J connectivity index is 2.24. The van der Waals surface area contributed by atoms with Gasteiger partial charge in [-0.3, -0.25) is 0 Å². The summed E-state index contributed by atoms with van der Waals surface area (Å²) in [6.07, 6.45) is 3.26. The van der Waals surface area contributed by atoms with Gasteiger partial charge in [0.05, 0.1) is 6.17 Å². The largest absolute Gasteiger partial charge is 0.323 e. The van der Waals surface area contributed by atoms with Gasteiger partial charge in [0.1, 0.15) is 8.24 Å². The predicted octanol–water partition coefficient (Wildman–Crippen LogP) is 1.12.